The van der Waals surface area contributed by atoms with Gasteiger partial charge in [-0.25, -0.2) is 4.79 Å². The smallest absolute Gasteiger partial charge is 0.315 e. The van der Waals surface area contributed by atoms with Gasteiger partial charge in [0.1, 0.15) is 6.04 Å². The van der Waals surface area contributed by atoms with E-state index in [2.05, 4.69) is 20.9 Å². The number of nitrogens with one attached hydrogen (secondary N) is 4. The molecule has 4 N–H and O–H groups in total. The summed E-state index contributed by atoms with van der Waals surface area (Å²) in [5.74, 6) is -0.238. The van der Waals surface area contributed by atoms with Crippen molar-refractivity contribution in [3.63, 3.8) is 0 Å². The van der Waals surface area contributed by atoms with Crippen molar-refractivity contribution in [2.24, 2.45) is 0 Å². The van der Waals surface area contributed by atoms with E-state index in [0.29, 0.717) is 12.1 Å². The first-order valence-corrected chi connectivity index (χ1v) is 9.17. The molecule has 138 valence electrons. The van der Waals surface area contributed by atoms with E-state index in [4.69, 9.17) is 0 Å². The number of H-pyrrole nitrogens is 1. The summed E-state index contributed by atoms with van der Waals surface area (Å²) in [6, 6.07) is 16.4. The fourth-order valence-electron chi connectivity index (χ4n) is 3.09. The van der Waals surface area contributed by atoms with Crippen LogP contribution < -0.4 is 16.0 Å². The Hall–Kier alpha value is -3.28. The molecule has 0 bridgehead atoms. The number of carbonyl (C=O) groups excluding carboxylic acids is 2. The van der Waals surface area contributed by atoms with Gasteiger partial charge in [0.2, 0.25) is 5.91 Å². The highest BCUT2D eigenvalue weighted by Gasteiger charge is 2.27. The minimum absolute atomic E-state index is 0.232. The number of urea groups is 1. The molecule has 4 rings (SSSR count). The summed E-state index contributed by atoms with van der Waals surface area (Å²) in [5, 5.41) is 9.66. The maximum Gasteiger partial charge on any atom is 0.315 e. The van der Waals surface area contributed by atoms with Gasteiger partial charge in [0, 0.05) is 35.2 Å². The molecule has 1 fully saturated rings. The second-order valence-electron chi connectivity index (χ2n) is 6.86. The molecule has 0 saturated heterocycles. The molecule has 1 aliphatic carbocycles. The van der Waals surface area contributed by atoms with Crippen LogP contribution in [-0.2, 0) is 11.2 Å². The zero-order valence-corrected chi connectivity index (χ0v) is 14.9. The Morgan fingerprint density at radius 2 is 1.78 bits per heavy atom. The van der Waals surface area contributed by atoms with Gasteiger partial charge in [-0.2, -0.15) is 0 Å². The normalized spacial score (nSPS) is 14.5. The molecule has 0 aliphatic heterocycles. The molecule has 1 heterocycles. The van der Waals surface area contributed by atoms with Crippen LogP contribution in [0.5, 0.6) is 0 Å². The number of hydrogen-bond acceptors (Lipinski definition) is 2. The van der Waals surface area contributed by atoms with E-state index < -0.39 is 6.04 Å². The minimum Gasteiger partial charge on any atom is -0.361 e. The maximum absolute atomic E-state index is 12.8. The van der Waals surface area contributed by atoms with Crippen LogP contribution in [0.1, 0.15) is 18.4 Å². The first-order valence-electron chi connectivity index (χ1n) is 9.17. The second-order valence-corrected chi connectivity index (χ2v) is 6.86. The Morgan fingerprint density at radius 3 is 2.56 bits per heavy atom. The highest BCUT2D eigenvalue weighted by Crippen LogP contribution is 2.20. The van der Waals surface area contributed by atoms with Crippen molar-refractivity contribution in [2.75, 3.05) is 5.32 Å². The Kier molecular flexibility index (Phi) is 4.78. The number of hydrogen-bond donors (Lipinski definition) is 4. The number of para-hydroxylation sites is 2. The Labute approximate surface area is 157 Å². The molecule has 27 heavy (non-hydrogen) atoms. The van der Waals surface area contributed by atoms with E-state index in [9.17, 15) is 9.59 Å². The van der Waals surface area contributed by atoms with Gasteiger partial charge in [0.05, 0.1) is 0 Å². The molecule has 1 aliphatic rings. The van der Waals surface area contributed by atoms with Crippen LogP contribution in [0.25, 0.3) is 10.9 Å². The lowest BCUT2D eigenvalue weighted by atomic mass is 10.0. The van der Waals surface area contributed by atoms with Gasteiger partial charge in [-0.05, 0) is 36.6 Å². The molecule has 3 amide bonds. The van der Waals surface area contributed by atoms with Crippen LogP contribution in [0.3, 0.4) is 0 Å². The lowest BCUT2D eigenvalue weighted by Crippen LogP contribution is -2.49. The number of benzene rings is 2. The van der Waals surface area contributed by atoms with Gasteiger partial charge in [-0.15, -0.1) is 0 Å². The van der Waals surface area contributed by atoms with Crippen molar-refractivity contribution in [2.45, 2.75) is 31.3 Å². The summed E-state index contributed by atoms with van der Waals surface area (Å²) in [4.78, 5) is 28.3. The van der Waals surface area contributed by atoms with Gasteiger partial charge in [0.25, 0.3) is 0 Å². The summed E-state index contributed by atoms with van der Waals surface area (Å²) in [6.45, 7) is 0. The van der Waals surface area contributed by atoms with E-state index in [1.807, 2.05) is 60.8 Å². The molecule has 1 saturated carbocycles. The molecule has 6 heteroatoms. The highest BCUT2D eigenvalue weighted by atomic mass is 16.2. The number of fused-ring (bicyclic) bond motifs is 1. The van der Waals surface area contributed by atoms with Gasteiger partial charge >= 0.3 is 6.03 Å². The van der Waals surface area contributed by atoms with E-state index in [1.54, 1.807) is 0 Å². The maximum atomic E-state index is 12.8. The SMILES string of the molecule is O=C(NC1CC1)N[C@@H](Cc1c[nH]c2ccccc12)C(=O)Nc1ccccc1. The monoisotopic (exact) mass is 362 g/mol. The number of anilines is 1. The number of amides is 3. The van der Waals surface area contributed by atoms with E-state index >= 15 is 0 Å². The molecule has 0 spiro atoms. The van der Waals surface area contributed by atoms with Crippen molar-refractivity contribution in [1.82, 2.24) is 15.6 Å². The molecule has 6 nitrogen and oxygen atoms in total. The average molecular weight is 362 g/mol. The van der Waals surface area contributed by atoms with Gasteiger partial charge < -0.3 is 20.9 Å². The summed E-state index contributed by atoms with van der Waals surface area (Å²) in [6.07, 6.45) is 4.29. The van der Waals surface area contributed by atoms with E-state index in [0.717, 1.165) is 29.3 Å². The largest absolute Gasteiger partial charge is 0.361 e. The summed E-state index contributed by atoms with van der Waals surface area (Å²) in [7, 11) is 0. The van der Waals surface area contributed by atoms with Crippen LogP contribution >= 0.6 is 0 Å². The first-order chi connectivity index (χ1) is 13.2. The average Bonchev–Trinajstić information content (AvgIpc) is 3.40. The van der Waals surface area contributed by atoms with Crippen molar-refractivity contribution in [1.29, 1.82) is 0 Å². The quantitative estimate of drug-likeness (QED) is 0.543. The standard InChI is InChI=1S/C21H22N4O2/c26-20(23-15-6-2-1-3-7-15)19(25-21(27)24-16-10-11-16)12-14-13-22-18-9-5-4-8-17(14)18/h1-9,13,16,19,22H,10-12H2,(H,23,26)(H2,24,25,27)/t19-/m0/s1. The molecule has 3 aromatic rings. The summed E-state index contributed by atoms with van der Waals surface area (Å²) in [5.41, 5.74) is 2.71. The molecule has 2 aromatic carbocycles. The zero-order chi connectivity index (χ0) is 18.6. The molecule has 1 aromatic heterocycles. The summed E-state index contributed by atoms with van der Waals surface area (Å²) < 4.78 is 0. The van der Waals surface area contributed by atoms with Crippen molar-refractivity contribution < 1.29 is 9.59 Å². The van der Waals surface area contributed by atoms with Crippen LogP contribution in [0.2, 0.25) is 0 Å². The van der Waals surface area contributed by atoms with Gasteiger partial charge in [-0.3, -0.25) is 4.79 Å². The molecule has 0 unspecified atom stereocenters. The molecular weight excluding hydrogens is 340 g/mol. The fraction of sp³-hybridized carbons (Fsp3) is 0.238. The fourth-order valence-corrected chi connectivity index (χ4v) is 3.09. The molecular formula is C21H22N4O2. The molecule has 0 radical (unpaired) electrons. The highest BCUT2D eigenvalue weighted by molar-refractivity contribution is 5.97. The number of carbonyl (C=O) groups is 2. The lowest BCUT2D eigenvalue weighted by Gasteiger charge is -2.19. The Bertz CT molecular complexity index is 947. The van der Waals surface area contributed by atoms with Crippen molar-refractivity contribution in [3.8, 4) is 0 Å². The predicted octanol–water partition coefficient (Wildman–Crippen LogP) is 3.18. The minimum atomic E-state index is -0.678. The number of rotatable bonds is 6. The third-order valence-electron chi connectivity index (χ3n) is 4.67. The second kappa shape index (κ2) is 7.53. The van der Waals surface area contributed by atoms with Crippen LogP contribution in [0.4, 0.5) is 10.5 Å². The third-order valence-corrected chi connectivity index (χ3v) is 4.67. The van der Waals surface area contributed by atoms with Gasteiger partial charge in [-0.1, -0.05) is 36.4 Å². The van der Waals surface area contributed by atoms with Crippen LogP contribution in [0, 0.1) is 0 Å². The topological polar surface area (TPSA) is 86.0 Å². The lowest BCUT2D eigenvalue weighted by molar-refractivity contribution is -0.117. The van der Waals surface area contributed by atoms with E-state index in [1.165, 1.54) is 0 Å². The number of aromatic nitrogens is 1. The Morgan fingerprint density at radius 1 is 1.04 bits per heavy atom. The van der Waals surface area contributed by atoms with Crippen molar-refractivity contribution in [3.05, 3.63) is 66.4 Å². The number of aromatic amines is 1. The molecule has 1 atom stereocenters. The van der Waals surface area contributed by atoms with E-state index in [-0.39, 0.29) is 18.0 Å². The van der Waals surface area contributed by atoms with Crippen molar-refractivity contribution >= 4 is 28.5 Å². The third kappa shape index (κ3) is 4.28. The Balaban J connectivity index is 1.52. The summed E-state index contributed by atoms with van der Waals surface area (Å²) >= 11 is 0. The van der Waals surface area contributed by atoms with Crippen LogP contribution in [0.15, 0.2) is 60.8 Å². The van der Waals surface area contributed by atoms with Gasteiger partial charge in [0.15, 0.2) is 0 Å². The predicted molar refractivity (Wildman–Crippen MR) is 106 cm³/mol. The first kappa shape index (κ1) is 17.1. The van der Waals surface area contributed by atoms with Crippen LogP contribution in [-0.4, -0.2) is 29.0 Å². The zero-order valence-electron chi connectivity index (χ0n) is 14.9.